The van der Waals surface area contributed by atoms with Crippen molar-refractivity contribution in [2.45, 2.75) is 45.6 Å². The Balaban J connectivity index is 1.38. The minimum atomic E-state index is -0.357. The highest BCUT2D eigenvalue weighted by atomic mass is 16.4. The fourth-order valence-electron chi connectivity index (χ4n) is 4.59. The largest absolute Gasteiger partial charge is 0.423 e. The molecule has 5 rings (SSSR count). The third-order valence-corrected chi connectivity index (χ3v) is 6.24. The molecule has 1 unspecified atom stereocenters. The van der Waals surface area contributed by atoms with Gasteiger partial charge in [0, 0.05) is 30.1 Å². The zero-order valence-electron chi connectivity index (χ0n) is 17.7. The quantitative estimate of drug-likeness (QED) is 0.473. The van der Waals surface area contributed by atoms with Gasteiger partial charge in [-0.15, -0.1) is 10.2 Å². The monoisotopic (exact) mass is 416 g/mol. The van der Waals surface area contributed by atoms with Crippen molar-refractivity contribution in [1.29, 1.82) is 0 Å². The van der Waals surface area contributed by atoms with Gasteiger partial charge in [0.1, 0.15) is 5.58 Å². The summed E-state index contributed by atoms with van der Waals surface area (Å²) >= 11 is 0. The van der Waals surface area contributed by atoms with Gasteiger partial charge in [0.05, 0.1) is 6.04 Å². The Hall–Kier alpha value is -3.48. The molecule has 1 amide bonds. The summed E-state index contributed by atoms with van der Waals surface area (Å²) in [5.41, 5.74) is 3.52. The number of nitrogens with zero attached hydrogens (tertiary/aromatic N) is 4. The number of aromatic nitrogens is 3. The van der Waals surface area contributed by atoms with E-state index in [9.17, 15) is 9.59 Å². The number of benzene rings is 1. The first-order valence-corrected chi connectivity index (χ1v) is 10.6. The van der Waals surface area contributed by atoms with Crippen molar-refractivity contribution >= 4 is 22.5 Å². The third-order valence-electron chi connectivity index (χ3n) is 6.24. The molecule has 3 aromatic heterocycles. The van der Waals surface area contributed by atoms with Gasteiger partial charge in [0.15, 0.2) is 11.5 Å². The van der Waals surface area contributed by atoms with Crippen molar-refractivity contribution in [2.24, 2.45) is 0 Å². The molecule has 4 aromatic rings. The van der Waals surface area contributed by atoms with Crippen molar-refractivity contribution in [3.8, 4) is 0 Å². The van der Waals surface area contributed by atoms with E-state index >= 15 is 0 Å². The molecule has 0 spiro atoms. The minimum absolute atomic E-state index is 0.0259. The number of carbonyl (C=O) groups is 1. The maximum Gasteiger partial charge on any atom is 0.339 e. The van der Waals surface area contributed by atoms with E-state index in [0.29, 0.717) is 24.1 Å². The number of hydrogen-bond donors (Lipinski definition) is 0. The highest BCUT2D eigenvalue weighted by molar-refractivity contribution is 5.82. The summed E-state index contributed by atoms with van der Waals surface area (Å²) < 4.78 is 7.48. The zero-order valence-corrected chi connectivity index (χ0v) is 17.7. The first-order chi connectivity index (χ1) is 15.0. The summed E-state index contributed by atoms with van der Waals surface area (Å²) in [6.45, 7) is 4.58. The maximum absolute atomic E-state index is 13.1. The van der Waals surface area contributed by atoms with Crippen LogP contribution in [0.3, 0.4) is 0 Å². The van der Waals surface area contributed by atoms with Gasteiger partial charge in [-0.2, -0.15) is 0 Å². The van der Waals surface area contributed by atoms with Crippen LogP contribution in [0.15, 0.2) is 51.8 Å². The lowest BCUT2D eigenvalue weighted by Gasteiger charge is -2.23. The minimum Gasteiger partial charge on any atom is -0.423 e. The second-order valence-electron chi connectivity index (χ2n) is 8.22. The van der Waals surface area contributed by atoms with Crippen LogP contribution in [0.4, 0.5) is 0 Å². The molecule has 158 valence electrons. The number of hydrogen-bond acceptors (Lipinski definition) is 5. The highest BCUT2D eigenvalue weighted by Gasteiger charge is 2.33. The van der Waals surface area contributed by atoms with Crippen molar-refractivity contribution in [1.82, 2.24) is 19.5 Å². The Bertz CT molecular complexity index is 1350. The molecular weight excluding hydrogens is 392 g/mol. The molecule has 1 fully saturated rings. The van der Waals surface area contributed by atoms with E-state index in [1.54, 1.807) is 0 Å². The van der Waals surface area contributed by atoms with Gasteiger partial charge >= 0.3 is 5.63 Å². The maximum atomic E-state index is 13.1. The molecule has 1 atom stereocenters. The summed E-state index contributed by atoms with van der Waals surface area (Å²) in [6.07, 6.45) is 4.33. The van der Waals surface area contributed by atoms with Crippen LogP contribution in [-0.2, 0) is 11.2 Å². The van der Waals surface area contributed by atoms with E-state index in [0.717, 1.165) is 40.8 Å². The molecule has 7 heteroatoms. The summed E-state index contributed by atoms with van der Waals surface area (Å²) in [6, 6.07) is 11.5. The van der Waals surface area contributed by atoms with Crippen LogP contribution in [-0.4, -0.2) is 31.9 Å². The summed E-state index contributed by atoms with van der Waals surface area (Å²) in [5, 5.41) is 9.50. The van der Waals surface area contributed by atoms with Crippen LogP contribution < -0.4 is 5.63 Å². The summed E-state index contributed by atoms with van der Waals surface area (Å²) in [4.78, 5) is 27.6. The molecule has 4 heterocycles. The fourth-order valence-corrected chi connectivity index (χ4v) is 4.59. The van der Waals surface area contributed by atoms with Crippen LogP contribution in [0.2, 0.25) is 0 Å². The van der Waals surface area contributed by atoms with E-state index in [1.807, 2.05) is 65.7 Å². The first kappa shape index (κ1) is 19.5. The predicted molar refractivity (Wildman–Crippen MR) is 117 cm³/mol. The molecule has 0 radical (unpaired) electrons. The van der Waals surface area contributed by atoms with E-state index < -0.39 is 0 Å². The highest BCUT2D eigenvalue weighted by Crippen LogP contribution is 2.32. The van der Waals surface area contributed by atoms with Gasteiger partial charge in [-0.1, -0.05) is 18.2 Å². The molecular formula is C24H24N4O3. The van der Waals surface area contributed by atoms with Gasteiger partial charge < -0.3 is 9.32 Å². The Labute approximate surface area is 179 Å². The molecule has 0 saturated carbocycles. The number of aryl methyl sites for hydroxylation is 2. The lowest BCUT2D eigenvalue weighted by atomic mass is 10.0. The van der Waals surface area contributed by atoms with Crippen LogP contribution in [0, 0.1) is 13.8 Å². The van der Waals surface area contributed by atoms with E-state index in [-0.39, 0.29) is 24.0 Å². The van der Waals surface area contributed by atoms with Crippen molar-refractivity contribution in [3.05, 3.63) is 75.5 Å². The smallest absolute Gasteiger partial charge is 0.339 e. The lowest BCUT2D eigenvalue weighted by molar-refractivity contribution is -0.132. The second-order valence-corrected chi connectivity index (χ2v) is 8.22. The Morgan fingerprint density at radius 1 is 1.19 bits per heavy atom. The van der Waals surface area contributed by atoms with Gasteiger partial charge in [-0.05, 0) is 62.4 Å². The Morgan fingerprint density at radius 3 is 2.94 bits per heavy atom. The van der Waals surface area contributed by atoms with Gasteiger partial charge in [-0.25, -0.2) is 4.79 Å². The van der Waals surface area contributed by atoms with Gasteiger partial charge in [-0.3, -0.25) is 9.20 Å². The van der Waals surface area contributed by atoms with Crippen LogP contribution in [0.25, 0.3) is 16.6 Å². The first-order valence-electron chi connectivity index (χ1n) is 10.6. The average molecular weight is 416 g/mol. The number of amides is 1. The van der Waals surface area contributed by atoms with Crippen molar-refractivity contribution in [3.63, 3.8) is 0 Å². The second kappa shape index (κ2) is 7.65. The SMILES string of the molecule is Cc1ccc2c(C)c(CCC(=O)N3CCCC3c3nnc4ccccn34)c(=O)oc2c1. The van der Waals surface area contributed by atoms with E-state index in [1.165, 1.54) is 0 Å². The van der Waals surface area contributed by atoms with Gasteiger partial charge in [0.2, 0.25) is 5.91 Å². The zero-order chi connectivity index (χ0) is 21.5. The van der Waals surface area contributed by atoms with Gasteiger partial charge in [0.25, 0.3) is 0 Å². The predicted octanol–water partition coefficient (Wildman–Crippen LogP) is 3.75. The van der Waals surface area contributed by atoms with E-state index in [2.05, 4.69) is 10.2 Å². The average Bonchev–Trinajstić information content (AvgIpc) is 3.40. The molecule has 0 bridgehead atoms. The molecule has 1 aliphatic rings. The van der Waals surface area contributed by atoms with Crippen LogP contribution in [0.5, 0.6) is 0 Å². The topological polar surface area (TPSA) is 80.7 Å². The Kier molecular flexibility index (Phi) is 4.81. The molecule has 7 nitrogen and oxygen atoms in total. The third kappa shape index (κ3) is 3.40. The van der Waals surface area contributed by atoms with Crippen LogP contribution >= 0.6 is 0 Å². The van der Waals surface area contributed by atoms with Crippen LogP contribution in [0.1, 0.15) is 47.8 Å². The molecule has 1 aromatic carbocycles. The number of fused-ring (bicyclic) bond motifs is 2. The molecule has 1 aliphatic heterocycles. The molecule has 31 heavy (non-hydrogen) atoms. The summed E-state index contributed by atoms with van der Waals surface area (Å²) in [5.74, 6) is 0.816. The van der Waals surface area contributed by atoms with E-state index in [4.69, 9.17) is 4.42 Å². The molecule has 0 N–H and O–H groups in total. The lowest BCUT2D eigenvalue weighted by Crippen LogP contribution is -2.32. The molecule has 0 aliphatic carbocycles. The summed E-state index contributed by atoms with van der Waals surface area (Å²) in [7, 11) is 0. The number of rotatable bonds is 4. The number of carbonyl (C=O) groups excluding carboxylic acids is 1. The Morgan fingerprint density at radius 2 is 2.06 bits per heavy atom. The molecule has 1 saturated heterocycles. The standard InChI is InChI=1S/C24H24N4O3/c1-15-8-9-17-16(2)18(24(30)31-20(17)14-15)10-11-22(29)27-13-5-6-19(27)23-26-25-21-7-3-4-12-28(21)23/h3-4,7-9,12,14,19H,5-6,10-11,13H2,1-2H3. The fraction of sp³-hybridized carbons (Fsp3) is 0.333. The number of likely N-dealkylation sites (tertiary alicyclic amines) is 1. The normalized spacial score (nSPS) is 16.5. The van der Waals surface area contributed by atoms with Crippen molar-refractivity contribution in [2.75, 3.05) is 6.54 Å². The van der Waals surface area contributed by atoms with Crippen molar-refractivity contribution < 1.29 is 9.21 Å². The number of pyridine rings is 1.